The third-order valence-electron chi connectivity index (χ3n) is 3.66. The van der Waals surface area contributed by atoms with Gasteiger partial charge < -0.3 is 5.73 Å². The maximum Gasteiger partial charge on any atom is 0.224 e. The van der Waals surface area contributed by atoms with Gasteiger partial charge in [0, 0.05) is 5.02 Å². The second kappa shape index (κ2) is 3.88. The van der Waals surface area contributed by atoms with Crippen molar-refractivity contribution in [3.8, 4) is 0 Å². The average molecular weight is 250 g/mol. The largest absolute Gasteiger partial charge is 0.369 e. The fourth-order valence-corrected chi connectivity index (χ4v) is 3.05. The maximum atomic E-state index is 11.6. The predicted molar refractivity (Wildman–Crippen MR) is 68.6 cm³/mol. The highest BCUT2D eigenvalue weighted by atomic mass is 35.5. The van der Waals surface area contributed by atoms with E-state index in [1.165, 1.54) is 6.07 Å². The van der Waals surface area contributed by atoms with Gasteiger partial charge in [0.25, 0.3) is 0 Å². The van der Waals surface area contributed by atoms with Crippen LogP contribution >= 0.6 is 11.6 Å². The van der Waals surface area contributed by atoms with Crippen molar-refractivity contribution in [2.24, 2.45) is 11.7 Å². The molecule has 1 atom stereocenters. The van der Waals surface area contributed by atoms with E-state index in [1.54, 1.807) is 0 Å². The lowest BCUT2D eigenvalue weighted by atomic mass is 9.82. The molecule has 0 aromatic heterocycles. The Kier molecular flexibility index (Phi) is 2.00. The Bertz CT molecular complexity index is 624. The van der Waals surface area contributed by atoms with Crippen molar-refractivity contribution in [3.05, 3.63) is 39.9 Å². The molecule has 2 N–H and O–H groups in total. The zero-order valence-electron chi connectivity index (χ0n) is 11.3. The van der Waals surface area contributed by atoms with E-state index in [2.05, 4.69) is 0 Å². The summed E-state index contributed by atoms with van der Waals surface area (Å²) in [4.78, 5) is 11.6. The first-order valence-corrected chi connectivity index (χ1v) is 6.18. The number of primary amides is 1. The minimum Gasteiger partial charge on any atom is -0.369 e. The van der Waals surface area contributed by atoms with Crippen LogP contribution in [0.25, 0.3) is 5.57 Å². The van der Waals surface area contributed by atoms with Crippen molar-refractivity contribution in [3.63, 3.8) is 0 Å². The van der Waals surface area contributed by atoms with Crippen molar-refractivity contribution in [2.75, 3.05) is 0 Å². The smallest absolute Gasteiger partial charge is 0.224 e. The van der Waals surface area contributed by atoms with Crippen LogP contribution in [0.3, 0.4) is 0 Å². The van der Waals surface area contributed by atoms with Crippen LogP contribution in [0.1, 0.15) is 33.1 Å². The minimum absolute atomic E-state index is 0.242. The molecule has 3 heteroatoms. The number of fused-ring (bicyclic) bond motifs is 2. The summed E-state index contributed by atoms with van der Waals surface area (Å²) < 4.78 is 16.1. The van der Waals surface area contributed by atoms with Crippen molar-refractivity contribution in [1.82, 2.24) is 0 Å². The summed E-state index contributed by atoms with van der Waals surface area (Å²) in [5.74, 6) is -0.544. The van der Waals surface area contributed by atoms with Gasteiger partial charge in [-0.05, 0) is 60.1 Å². The summed E-state index contributed by atoms with van der Waals surface area (Å²) in [6.45, 7) is 0. The highest BCUT2D eigenvalue weighted by molar-refractivity contribution is 6.30. The van der Waals surface area contributed by atoms with Crippen LogP contribution < -0.4 is 5.73 Å². The molecule has 0 saturated carbocycles. The molecule has 0 spiro atoms. The number of nitrogens with two attached hydrogens (primary N) is 1. The Morgan fingerprint density at radius 3 is 3.18 bits per heavy atom. The Hall–Kier alpha value is -1.28. The number of halogens is 1. The monoisotopic (exact) mass is 249 g/mol. The minimum atomic E-state index is -0.302. The first-order chi connectivity index (χ1) is 9.00. The zero-order chi connectivity index (χ0) is 13.7. The quantitative estimate of drug-likeness (QED) is 0.817. The molecule has 3 rings (SSSR count). The van der Waals surface area contributed by atoms with E-state index in [-0.39, 0.29) is 17.9 Å². The van der Waals surface area contributed by atoms with Crippen LogP contribution in [0.4, 0.5) is 0 Å². The Morgan fingerprint density at radius 2 is 2.41 bits per heavy atom. The van der Waals surface area contributed by atoms with Crippen LogP contribution in [0.2, 0.25) is 5.02 Å². The SMILES string of the molecule is [2H]c1cc(Cl)c([2H])c2c1CC1=C2CCCC1C(N)=O. The predicted octanol–water partition coefficient (Wildman–Crippen LogP) is 2.94. The fraction of sp³-hybridized carbons (Fsp3) is 0.357. The zero-order valence-corrected chi connectivity index (χ0v) is 10.1. The summed E-state index contributed by atoms with van der Waals surface area (Å²) in [5, 5.41) is 0.304. The summed E-state index contributed by atoms with van der Waals surface area (Å²) in [7, 11) is 0. The van der Waals surface area contributed by atoms with Crippen LogP contribution in [0, 0.1) is 5.92 Å². The molecule has 1 unspecified atom stereocenters. The number of rotatable bonds is 1. The third kappa shape index (κ3) is 1.67. The second-order valence-electron chi connectivity index (χ2n) is 4.64. The van der Waals surface area contributed by atoms with Crippen molar-refractivity contribution < 1.29 is 7.54 Å². The highest BCUT2D eigenvalue weighted by Gasteiger charge is 2.32. The standard InChI is InChI=1S/C14H14ClNO/c15-9-5-4-8-6-13-10(12(8)7-9)2-1-3-11(13)14(16)17/h4-5,7,11H,1-3,6H2,(H2,16,17)/i4D,7D. The molecule has 2 nitrogen and oxygen atoms in total. The molecule has 1 aromatic rings. The van der Waals surface area contributed by atoms with Gasteiger partial charge in [-0.1, -0.05) is 17.6 Å². The lowest BCUT2D eigenvalue weighted by Crippen LogP contribution is -2.27. The number of hydrogen-bond acceptors (Lipinski definition) is 1. The van der Waals surface area contributed by atoms with E-state index < -0.39 is 0 Å². The van der Waals surface area contributed by atoms with Gasteiger partial charge in [0.15, 0.2) is 0 Å². The number of allylic oxidation sites excluding steroid dienone is 1. The van der Waals surface area contributed by atoms with E-state index in [9.17, 15) is 4.79 Å². The van der Waals surface area contributed by atoms with Gasteiger partial charge >= 0.3 is 0 Å². The van der Waals surface area contributed by atoms with Crippen LogP contribution in [-0.2, 0) is 11.2 Å². The lowest BCUT2D eigenvalue weighted by Gasteiger charge is -2.22. The van der Waals surface area contributed by atoms with Gasteiger partial charge in [-0.15, -0.1) is 0 Å². The summed E-state index contributed by atoms with van der Waals surface area (Å²) in [6.07, 6.45) is 3.08. The molecular weight excluding hydrogens is 234 g/mol. The first-order valence-electron chi connectivity index (χ1n) is 6.81. The number of amides is 1. The molecule has 0 radical (unpaired) electrons. The van der Waals surface area contributed by atoms with E-state index in [4.69, 9.17) is 20.1 Å². The maximum absolute atomic E-state index is 11.6. The highest BCUT2D eigenvalue weighted by Crippen LogP contribution is 2.44. The molecule has 0 aliphatic heterocycles. The normalized spacial score (nSPS) is 23.9. The molecule has 88 valence electrons. The molecule has 17 heavy (non-hydrogen) atoms. The summed E-state index contributed by atoms with van der Waals surface area (Å²) in [6, 6.07) is 2.15. The van der Waals surface area contributed by atoms with E-state index in [1.807, 2.05) is 0 Å². The van der Waals surface area contributed by atoms with Gasteiger partial charge in [0.1, 0.15) is 0 Å². The Labute approximate surface area is 108 Å². The van der Waals surface area contributed by atoms with Crippen molar-refractivity contribution in [2.45, 2.75) is 25.7 Å². The molecule has 1 aromatic carbocycles. The van der Waals surface area contributed by atoms with E-state index in [0.29, 0.717) is 17.5 Å². The van der Waals surface area contributed by atoms with Crippen LogP contribution in [-0.4, -0.2) is 5.91 Å². The Balaban J connectivity index is 2.20. The molecule has 0 saturated heterocycles. The summed E-state index contributed by atoms with van der Waals surface area (Å²) >= 11 is 6.01. The van der Waals surface area contributed by atoms with Crippen LogP contribution in [0.5, 0.6) is 0 Å². The first kappa shape index (κ1) is 8.76. The number of benzene rings is 1. The summed E-state index contributed by atoms with van der Waals surface area (Å²) in [5.41, 5.74) is 9.12. The van der Waals surface area contributed by atoms with E-state index in [0.717, 1.165) is 41.5 Å². The van der Waals surface area contributed by atoms with Gasteiger partial charge in [0.2, 0.25) is 5.91 Å². The van der Waals surface area contributed by atoms with Crippen molar-refractivity contribution >= 4 is 23.1 Å². The molecular formula is C14H14ClNO. The molecule has 0 fully saturated rings. The molecule has 2 aliphatic carbocycles. The van der Waals surface area contributed by atoms with Gasteiger partial charge in [-0.3, -0.25) is 4.79 Å². The second-order valence-corrected chi connectivity index (χ2v) is 5.05. The van der Waals surface area contributed by atoms with Gasteiger partial charge in [-0.25, -0.2) is 0 Å². The Morgan fingerprint density at radius 1 is 1.59 bits per heavy atom. The molecule has 2 aliphatic rings. The number of carbonyl (C=O) groups excluding carboxylic acids is 1. The van der Waals surface area contributed by atoms with Crippen LogP contribution in [0.15, 0.2) is 23.7 Å². The van der Waals surface area contributed by atoms with E-state index >= 15 is 0 Å². The topological polar surface area (TPSA) is 43.1 Å². The molecule has 1 amide bonds. The average Bonchev–Trinajstić information content (AvgIpc) is 2.75. The lowest BCUT2D eigenvalue weighted by molar-refractivity contribution is -0.121. The van der Waals surface area contributed by atoms with Crippen molar-refractivity contribution in [1.29, 1.82) is 0 Å². The fourth-order valence-electron chi connectivity index (χ4n) is 2.90. The number of carbonyl (C=O) groups is 1. The third-order valence-corrected chi connectivity index (χ3v) is 3.86. The molecule has 0 bridgehead atoms. The van der Waals surface area contributed by atoms with Gasteiger partial charge in [0.05, 0.1) is 8.66 Å². The van der Waals surface area contributed by atoms with Gasteiger partial charge in [-0.2, -0.15) is 0 Å². The number of hydrogen-bond donors (Lipinski definition) is 1. The molecule has 0 heterocycles.